The lowest BCUT2D eigenvalue weighted by molar-refractivity contribution is 0.131. The number of piperidine rings is 1. The molecule has 0 atom stereocenters. The van der Waals surface area contributed by atoms with Crippen molar-refractivity contribution in [3.05, 3.63) is 11.9 Å². The smallest absolute Gasteiger partial charge is 0.108 e. The second kappa shape index (κ2) is 6.71. The Morgan fingerprint density at radius 2 is 2.29 bits per heavy atom. The molecular formula is C12H22N4O. The van der Waals surface area contributed by atoms with Gasteiger partial charge in [0.25, 0.3) is 0 Å². The maximum absolute atomic E-state index is 5.30. The zero-order valence-electron chi connectivity index (χ0n) is 10.6. The molecule has 0 saturated carbocycles. The van der Waals surface area contributed by atoms with Gasteiger partial charge in [0, 0.05) is 13.2 Å². The summed E-state index contributed by atoms with van der Waals surface area (Å²) in [6.45, 7) is 6.59. The molecule has 1 aliphatic heterocycles. The molecule has 2 heterocycles. The first kappa shape index (κ1) is 12.5. The van der Waals surface area contributed by atoms with Gasteiger partial charge in [-0.1, -0.05) is 5.21 Å². The number of ether oxygens (including phenoxy) is 1. The monoisotopic (exact) mass is 238 g/mol. The number of aryl methyl sites for hydroxylation is 1. The van der Waals surface area contributed by atoms with Gasteiger partial charge in [0.15, 0.2) is 0 Å². The van der Waals surface area contributed by atoms with Crippen molar-refractivity contribution in [1.29, 1.82) is 0 Å². The summed E-state index contributed by atoms with van der Waals surface area (Å²) in [5.41, 5.74) is 0.928. The standard InChI is InChI=1S/C12H22N4O/c1-2-17-10-12-9-16(15-14-12)8-5-11-3-6-13-7-4-11/h9,11,13H,2-8,10H2,1H3. The molecule has 1 aromatic rings. The number of rotatable bonds is 6. The molecule has 1 aromatic heterocycles. The molecule has 0 bridgehead atoms. The van der Waals surface area contributed by atoms with Gasteiger partial charge in [-0.3, -0.25) is 4.68 Å². The Bertz CT molecular complexity index is 320. The molecule has 0 aromatic carbocycles. The third-order valence-corrected chi connectivity index (χ3v) is 3.27. The fourth-order valence-corrected chi connectivity index (χ4v) is 2.21. The number of aromatic nitrogens is 3. The fraction of sp³-hybridized carbons (Fsp3) is 0.833. The molecule has 1 fully saturated rings. The first-order valence-electron chi connectivity index (χ1n) is 6.56. The molecule has 2 rings (SSSR count). The molecule has 0 spiro atoms. The summed E-state index contributed by atoms with van der Waals surface area (Å²) in [5, 5.41) is 11.6. The van der Waals surface area contributed by atoms with E-state index in [0.29, 0.717) is 6.61 Å². The van der Waals surface area contributed by atoms with Gasteiger partial charge in [0.2, 0.25) is 0 Å². The molecule has 96 valence electrons. The van der Waals surface area contributed by atoms with E-state index in [-0.39, 0.29) is 0 Å². The minimum atomic E-state index is 0.573. The molecule has 0 aliphatic carbocycles. The average molecular weight is 238 g/mol. The zero-order valence-corrected chi connectivity index (χ0v) is 10.6. The van der Waals surface area contributed by atoms with Gasteiger partial charge in [-0.05, 0) is 45.2 Å². The molecule has 5 nitrogen and oxygen atoms in total. The lowest BCUT2D eigenvalue weighted by Gasteiger charge is -2.22. The van der Waals surface area contributed by atoms with Crippen molar-refractivity contribution in [3.8, 4) is 0 Å². The van der Waals surface area contributed by atoms with Crippen LogP contribution >= 0.6 is 0 Å². The molecular weight excluding hydrogens is 216 g/mol. The highest BCUT2D eigenvalue weighted by Crippen LogP contribution is 2.16. The number of hydrogen-bond acceptors (Lipinski definition) is 4. The molecule has 0 unspecified atom stereocenters. The summed E-state index contributed by atoms with van der Waals surface area (Å²) in [5.74, 6) is 0.843. The van der Waals surface area contributed by atoms with Crippen molar-refractivity contribution in [3.63, 3.8) is 0 Å². The highest BCUT2D eigenvalue weighted by atomic mass is 16.5. The highest BCUT2D eigenvalue weighted by molar-refractivity contribution is 4.89. The minimum absolute atomic E-state index is 0.573. The van der Waals surface area contributed by atoms with Crippen LogP contribution in [0.2, 0.25) is 0 Å². The van der Waals surface area contributed by atoms with Crippen LogP contribution in [0.4, 0.5) is 0 Å². The van der Waals surface area contributed by atoms with E-state index in [2.05, 4.69) is 15.6 Å². The van der Waals surface area contributed by atoms with Crippen molar-refractivity contribution >= 4 is 0 Å². The summed E-state index contributed by atoms with van der Waals surface area (Å²) in [6.07, 6.45) is 5.79. The van der Waals surface area contributed by atoms with Crippen LogP contribution in [-0.4, -0.2) is 34.7 Å². The van der Waals surface area contributed by atoms with Gasteiger partial charge >= 0.3 is 0 Å². The SMILES string of the molecule is CCOCc1cn(CCC2CCNCC2)nn1. The van der Waals surface area contributed by atoms with E-state index in [9.17, 15) is 0 Å². The van der Waals surface area contributed by atoms with Crippen LogP contribution < -0.4 is 5.32 Å². The van der Waals surface area contributed by atoms with E-state index in [0.717, 1.165) is 37.9 Å². The van der Waals surface area contributed by atoms with Crippen LogP contribution in [0.1, 0.15) is 31.9 Å². The predicted molar refractivity (Wildman–Crippen MR) is 65.6 cm³/mol. The first-order chi connectivity index (χ1) is 8.38. The van der Waals surface area contributed by atoms with E-state index in [1.54, 1.807) is 0 Å². The van der Waals surface area contributed by atoms with Gasteiger partial charge in [-0.25, -0.2) is 0 Å². The second-order valence-electron chi connectivity index (χ2n) is 4.59. The summed E-state index contributed by atoms with van der Waals surface area (Å²) in [6, 6.07) is 0. The largest absolute Gasteiger partial charge is 0.375 e. The van der Waals surface area contributed by atoms with Gasteiger partial charge < -0.3 is 10.1 Å². The average Bonchev–Trinajstić information content (AvgIpc) is 2.83. The Kier molecular flexibility index (Phi) is 4.94. The number of nitrogens with zero attached hydrogens (tertiary/aromatic N) is 3. The van der Waals surface area contributed by atoms with Gasteiger partial charge in [-0.15, -0.1) is 5.10 Å². The third-order valence-electron chi connectivity index (χ3n) is 3.27. The van der Waals surface area contributed by atoms with Gasteiger partial charge in [-0.2, -0.15) is 0 Å². The molecule has 1 N–H and O–H groups in total. The van der Waals surface area contributed by atoms with Gasteiger partial charge in [0.1, 0.15) is 5.69 Å². The van der Waals surface area contributed by atoms with Crippen molar-refractivity contribution in [2.24, 2.45) is 5.92 Å². The van der Waals surface area contributed by atoms with E-state index in [1.165, 1.54) is 19.3 Å². The fourth-order valence-electron chi connectivity index (χ4n) is 2.21. The molecule has 1 aliphatic rings. The molecule has 17 heavy (non-hydrogen) atoms. The van der Waals surface area contributed by atoms with Crippen LogP contribution in [0.15, 0.2) is 6.20 Å². The predicted octanol–water partition coefficient (Wildman–Crippen LogP) is 1.20. The van der Waals surface area contributed by atoms with E-state index < -0.39 is 0 Å². The maximum Gasteiger partial charge on any atom is 0.108 e. The highest BCUT2D eigenvalue weighted by Gasteiger charge is 2.13. The normalized spacial score (nSPS) is 17.5. The van der Waals surface area contributed by atoms with Crippen LogP contribution in [0.25, 0.3) is 0 Å². The lowest BCUT2D eigenvalue weighted by Crippen LogP contribution is -2.28. The Balaban J connectivity index is 1.72. The summed E-state index contributed by atoms with van der Waals surface area (Å²) >= 11 is 0. The molecule has 0 amide bonds. The quantitative estimate of drug-likeness (QED) is 0.809. The third kappa shape index (κ3) is 4.09. The Morgan fingerprint density at radius 3 is 3.06 bits per heavy atom. The van der Waals surface area contributed by atoms with E-state index in [1.807, 2.05) is 17.8 Å². The number of nitrogens with one attached hydrogen (secondary N) is 1. The minimum Gasteiger partial charge on any atom is -0.375 e. The van der Waals surface area contributed by atoms with Crippen molar-refractivity contribution < 1.29 is 4.74 Å². The van der Waals surface area contributed by atoms with Crippen molar-refractivity contribution in [2.75, 3.05) is 19.7 Å². The van der Waals surface area contributed by atoms with Crippen molar-refractivity contribution in [2.45, 2.75) is 39.3 Å². The lowest BCUT2D eigenvalue weighted by atomic mass is 9.95. The first-order valence-corrected chi connectivity index (χ1v) is 6.56. The Hall–Kier alpha value is -0.940. The summed E-state index contributed by atoms with van der Waals surface area (Å²) in [4.78, 5) is 0. The maximum atomic E-state index is 5.30. The summed E-state index contributed by atoms with van der Waals surface area (Å²) in [7, 11) is 0. The number of hydrogen-bond donors (Lipinski definition) is 1. The van der Waals surface area contributed by atoms with Crippen LogP contribution in [0.3, 0.4) is 0 Å². The van der Waals surface area contributed by atoms with E-state index in [4.69, 9.17) is 4.74 Å². The summed E-state index contributed by atoms with van der Waals surface area (Å²) < 4.78 is 7.24. The Labute approximate surface area is 103 Å². The van der Waals surface area contributed by atoms with Crippen LogP contribution in [0.5, 0.6) is 0 Å². The Morgan fingerprint density at radius 1 is 1.47 bits per heavy atom. The van der Waals surface area contributed by atoms with Crippen molar-refractivity contribution in [1.82, 2.24) is 20.3 Å². The van der Waals surface area contributed by atoms with Gasteiger partial charge in [0.05, 0.1) is 12.8 Å². The topological polar surface area (TPSA) is 52.0 Å². The zero-order chi connectivity index (χ0) is 11.9. The molecule has 5 heteroatoms. The van der Waals surface area contributed by atoms with E-state index >= 15 is 0 Å². The molecule has 1 saturated heterocycles. The van der Waals surface area contributed by atoms with Crippen LogP contribution in [0, 0.1) is 5.92 Å². The molecule has 0 radical (unpaired) electrons. The van der Waals surface area contributed by atoms with Crippen LogP contribution in [-0.2, 0) is 17.9 Å². The second-order valence-corrected chi connectivity index (χ2v) is 4.59.